The monoisotopic (exact) mass is 440 g/mol. The predicted molar refractivity (Wildman–Crippen MR) is 121 cm³/mol. The van der Waals surface area contributed by atoms with Gasteiger partial charge in [0, 0.05) is 13.1 Å². The number of hydrogen-bond donors (Lipinski definition) is 1. The molecule has 0 saturated carbocycles. The van der Waals surface area contributed by atoms with Crippen LogP contribution in [0.25, 0.3) is 0 Å². The van der Waals surface area contributed by atoms with Crippen LogP contribution in [0.5, 0.6) is 11.5 Å². The third-order valence-corrected chi connectivity index (χ3v) is 5.71. The molecule has 1 heterocycles. The lowest BCUT2D eigenvalue weighted by atomic mass is 10.1. The lowest BCUT2D eigenvalue weighted by Crippen LogP contribution is -2.24. The molecule has 1 atom stereocenters. The number of aromatic nitrogens is 3. The molecule has 1 N–H and O–H groups in total. The first-order valence-corrected chi connectivity index (χ1v) is 11.2. The Morgan fingerprint density at radius 2 is 1.84 bits per heavy atom. The van der Waals surface area contributed by atoms with Gasteiger partial charge in [-0.2, -0.15) is 0 Å². The third-order valence-electron chi connectivity index (χ3n) is 4.74. The molecule has 3 rings (SSSR count). The quantitative estimate of drug-likeness (QED) is 0.477. The molecule has 0 aliphatic heterocycles. The average Bonchev–Trinajstić information content (AvgIpc) is 3.20. The van der Waals surface area contributed by atoms with Gasteiger partial charge in [-0.25, -0.2) is 0 Å². The Kier molecular flexibility index (Phi) is 7.94. The Hall–Kier alpha value is -3.00. The van der Waals surface area contributed by atoms with Crippen molar-refractivity contribution >= 4 is 17.7 Å². The summed E-state index contributed by atoms with van der Waals surface area (Å²) in [6, 6.07) is 15.6. The van der Waals surface area contributed by atoms with Crippen molar-refractivity contribution in [3.8, 4) is 11.5 Å². The number of benzene rings is 2. The highest BCUT2D eigenvalue weighted by atomic mass is 32.2. The van der Waals surface area contributed by atoms with Gasteiger partial charge >= 0.3 is 0 Å². The first-order chi connectivity index (χ1) is 15.0. The predicted octanol–water partition coefficient (Wildman–Crippen LogP) is 4.16. The number of carbonyl (C=O) groups is 1. The number of amides is 1. The van der Waals surface area contributed by atoms with Crippen molar-refractivity contribution in [3.05, 3.63) is 65.5 Å². The summed E-state index contributed by atoms with van der Waals surface area (Å²) in [6.45, 7) is 7.17. The minimum absolute atomic E-state index is 0.0453. The van der Waals surface area contributed by atoms with E-state index in [9.17, 15) is 4.79 Å². The Labute approximate surface area is 187 Å². The third kappa shape index (κ3) is 6.01. The molecule has 0 aliphatic carbocycles. The Balaban J connectivity index is 1.58. The number of aryl methyl sites for hydroxylation is 1. The number of carbonyl (C=O) groups excluding carboxylic acids is 1. The van der Waals surface area contributed by atoms with Crippen molar-refractivity contribution in [2.75, 3.05) is 12.9 Å². The second-order valence-corrected chi connectivity index (χ2v) is 7.99. The maximum atomic E-state index is 12.3. The fourth-order valence-corrected chi connectivity index (χ4v) is 3.89. The summed E-state index contributed by atoms with van der Waals surface area (Å²) >= 11 is 1.37. The molecule has 0 spiro atoms. The molecular formula is C23H28N4O3S. The number of para-hydroxylation sites is 2. The van der Waals surface area contributed by atoms with Gasteiger partial charge in [0.25, 0.3) is 0 Å². The van der Waals surface area contributed by atoms with Gasteiger partial charge in [-0.15, -0.1) is 10.2 Å². The minimum Gasteiger partial charge on any atom is -0.493 e. The number of methoxy groups -OCH3 is 1. The van der Waals surface area contributed by atoms with Gasteiger partial charge in [0.2, 0.25) is 5.91 Å². The van der Waals surface area contributed by atoms with Crippen LogP contribution in [0.2, 0.25) is 0 Å². The smallest absolute Gasteiger partial charge is 0.230 e. The van der Waals surface area contributed by atoms with E-state index in [1.54, 1.807) is 7.11 Å². The van der Waals surface area contributed by atoms with Crippen LogP contribution in [0.15, 0.2) is 53.7 Å². The summed E-state index contributed by atoms with van der Waals surface area (Å²) < 4.78 is 13.4. The lowest BCUT2D eigenvalue weighted by Gasteiger charge is -2.17. The van der Waals surface area contributed by atoms with Gasteiger partial charge in [0.15, 0.2) is 28.6 Å². The summed E-state index contributed by atoms with van der Waals surface area (Å²) in [6.07, 6.45) is -0.325. The van der Waals surface area contributed by atoms with Crippen LogP contribution in [0.1, 0.15) is 36.9 Å². The van der Waals surface area contributed by atoms with Crippen LogP contribution in [0.3, 0.4) is 0 Å². The van der Waals surface area contributed by atoms with Gasteiger partial charge in [-0.05, 0) is 38.5 Å². The maximum absolute atomic E-state index is 12.3. The molecule has 7 nitrogen and oxygen atoms in total. The van der Waals surface area contributed by atoms with Crippen LogP contribution in [0, 0.1) is 6.92 Å². The zero-order valence-electron chi connectivity index (χ0n) is 18.3. The fourth-order valence-electron chi connectivity index (χ4n) is 3.05. The molecule has 0 fully saturated rings. The number of nitrogens with zero attached hydrogens (tertiary/aromatic N) is 3. The van der Waals surface area contributed by atoms with E-state index in [-0.39, 0.29) is 17.8 Å². The number of rotatable bonds is 10. The van der Waals surface area contributed by atoms with E-state index < -0.39 is 0 Å². The van der Waals surface area contributed by atoms with Crippen LogP contribution in [-0.4, -0.2) is 33.5 Å². The Morgan fingerprint density at radius 3 is 2.52 bits per heavy atom. The molecule has 1 amide bonds. The second-order valence-electron chi connectivity index (χ2n) is 7.05. The zero-order chi connectivity index (χ0) is 22.2. The number of ether oxygens (including phenoxy) is 2. The summed E-state index contributed by atoms with van der Waals surface area (Å²) in [5.74, 6) is 2.24. The summed E-state index contributed by atoms with van der Waals surface area (Å²) in [7, 11) is 1.61. The van der Waals surface area contributed by atoms with Crippen LogP contribution in [-0.2, 0) is 17.9 Å². The van der Waals surface area contributed by atoms with E-state index in [1.807, 2.05) is 73.9 Å². The molecule has 0 radical (unpaired) electrons. The van der Waals surface area contributed by atoms with E-state index in [4.69, 9.17) is 9.47 Å². The Morgan fingerprint density at radius 1 is 1.13 bits per heavy atom. The van der Waals surface area contributed by atoms with Gasteiger partial charge in [0.1, 0.15) is 0 Å². The molecule has 0 saturated heterocycles. The fraction of sp³-hybridized carbons (Fsp3) is 0.348. The number of thioether (sulfide) groups is 1. The molecule has 2 aromatic carbocycles. The summed E-state index contributed by atoms with van der Waals surface area (Å²) in [5.41, 5.74) is 2.27. The van der Waals surface area contributed by atoms with Crippen molar-refractivity contribution in [2.24, 2.45) is 0 Å². The zero-order valence-corrected chi connectivity index (χ0v) is 19.1. The first kappa shape index (κ1) is 22.7. The van der Waals surface area contributed by atoms with E-state index in [0.717, 1.165) is 5.56 Å². The molecule has 31 heavy (non-hydrogen) atoms. The van der Waals surface area contributed by atoms with Crippen molar-refractivity contribution < 1.29 is 14.3 Å². The molecule has 8 heteroatoms. The van der Waals surface area contributed by atoms with E-state index in [0.29, 0.717) is 35.6 Å². The molecule has 1 aromatic heterocycles. The molecule has 0 aliphatic rings. The molecule has 3 aromatic rings. The molecule has 0 bridgehead atoms. The van der Waals surface area contributed by atoms with Crippen molar-refractivity contribution in [3.63, 3.8) is 0 Å². The summed E-state index contributed by atoms with van der Waals surface area (Å²) in [5, 5.41) is 12.2. The van der Waals surface area contributed by atoms with Gasteiger partial charge in [0.05, 0.1) is 12.9 Å². The van der Waals surface area contributed by atoms with Gasteiger partial charge < -0.3 is 19.4 Å². The second kappa shape index (κ2) is 10.9. The molecule has 164 valence electrons. The Bertz CT molecular complexity index is 1000. The summed E-state index contributed by atoms with van der Waals surface area (Å²) in [4.78, 5) is 12.3. The lowest BCUT2D eigenvalue weighted by molar-refractivity contribution is -0.118. The van der Waals surface area contributed by atoms with Gasteiger partial charge in [-0.1, -0.05) is 53.7 Å². The van der Waals surface area contributed by atoms with E-state index in [1.165, 1.54) is 17.3 Å². The van der Waals surface area contributed by atoms with Crippen molar-refractivity contribution in [2.45, 2.75) is 45.1 Å². The highest BCUT2D eigenvalue weighted by molar-refractivity contribution is 7.99. The van der Waals surface area contributed by atoms with Crippen molar-refractivity contribution in [1.82, 2.24) is 20.1 Å². The van der Waals surface area contributed by atoms with E-state index >= 15 is 0 Å². The highest BCUT2D eigenvalue weighted by Crippen LogP contribution is 2.31. The topological polar surface area (TPSA) is 78.3 Å². The van der Waals surface area contributed by atoms with Crippen molar-refractivity contribution in [1.29, 1.82) is 0 Å². The molecule has 1 unspecified atom stereocenters. The average molecular weight is 441 g/mol. The van der Waals surface area contributed by atoms with Gasteiger partial charge in [-0.3, -0.25) is 4.79 Å². The number of hydrogen-bond acceptors (Lipinski definition) is 6. The highest BCUT2D eigenvalue weighted by Gasteiger charge is 2.20. The minimum atomic E-state index is -0.325. The largest absolute Gasteiger partial charge is 0.493 e. The van der Waals surface area contributed by atoms with Crippen LogP contribution < -0.4 is 14.8 Å². The van der Waals surface area contributed by atoms with Crippen LogP contribution >= 0.6 is 11.8 Å². The standard InChI is InChI=1S/C23H28N4O3S/c1-5-27-22(17(3)30-20-9-7-6-8-19(20)29-4)25-26-23(27)31-15-21(28)24-14-18-12-10-16(2)11-13-18/h6-13,17H,5,14-15H2,1-4H3,(H,24,28). The normalized spacial score (nSPS) is 11.7. The van der Waals surface area contributed by atoms with Crippen LogP contribution in [0.4, 0.5) is 0 Å². The SMILES string of the molecule is CCn1c(SCC(=O)NCc2ccc(C)cc2)nnc1C(C)Oc1ccccc1OC. The first-order valence-electron chi connectivity index (χ1n) is 10.2. The molecular weight excluding hydrogens is 412 g/mol. The van der Waals surface area contributed by atoms with E-state index in [2.05, 4.69) is 15.5 Å². The number of nitrogens with one attached hydrogen (secondary N) is 1. The maximum Gasteiger partial charge on any atom is 0.230 e.